The predicted molar refractivity (Wildman–Crippen MR) is 86.4 cm³/mol. The van der Waals surface area contributed by atoms with Gasteiger partial charge >= 0.3 is 0 Å². The Morgan fingerprint density at radius 2 is 2.30 bits per heavy atom. The highest BCUT2D eigenvalue weighted by Gasteiger charge is 2.10. The Morgan fingerprint density at radius 3 is 3.04 bits per heavy atom. The van der Waals surface area contributed by atoms with Crippen molar-refractivity contribution in [1.82, 2.24) is 19.7 Å². The number of aromatic nitrogens is 4. The molecule has 9 heteroatoms. The third-order valence-corrected chi connectivity index (χ3v) is 4.02. The Kier molecular flexibility index (Phi) is 4.94. The lowest BCUT2D eigenvalue weighted by atomic mass is 10.4. The van der Waals surface area contributed by atoms with Crippen LogP contribution < -0.4 is 5.32 Å². The largest absolute Gasteiger partial charge is 0.467 e. The molecule has 3 heterocycles. The first-order chi connectivity index (χ1) is 11.2. The van der Waals surface area contributed by atoms with Crippen LogP contribution in [0.5, 0.6) is 0 Å². The number of anilines is 1. The van der Waals surface area contributed by atoms with Crippen LogP contribution >= 0.6 is 23.4 Å². The van der Waals surface area contributed by atoms with Gasteiger partial charge in [-0.1, -0.05) is 23.4 Å². The fraction of sp³-hybridized carbons (Fsp3) is 0.143. The summed E-state index contributed by atoms with van der Waals surface area (Å²) in [6.07, 6.45) is 4.69. The second-order valence-corrected chi connectivity index (χ2v) is 5.90. The number of pyridine rings is 1. The summed E-state index contributed by atoms with van der Waals surface area (Å²) in [4.78, 5) is 16.0. The van der Waals surface area contributed by atoms with Crippen LogP contribution in [0.15, 0.2) is 52.6 Å². The number of rotatable bonds is 6. The average Bonchev–Trinajstić information content (AvgIpc) is 3.20. The minimum Gasteiger partial charge on any atom is -0.467 e. The summed E-state index contributed by atoms with van der Waals surface area (Å²) in [6.45, 7) is 0.517. The molecule has 0 saturated heterocycles. The van der Waals surface area contributed by atoms with Gasteiger partial charge < -0.3 is 14.3 Å². The van der Waals surface area contributed by atoms with Gasteiger partial charge in [-0.05, 0) is 24.3 Å². The Labute approximate surface area is 141 Å². The van der Waals surface area contributed by atoms with Crippen LogP contribution in [0.3, 0.4) is 0 Å². The molecule has 7 nitrogen and oxygen atoms in total. The van der Waals surface area contributed by atoms with Crippen molar-refractivity contribution in [2.45, 2.75) is 11.7 Å². The zero-order chi connectivity index (χ0) is 16.1. The number of hydrogen-bond acceptors (Lipinski definition) is 6. The summed E-state index contributed by atoms with van der Waals surface area (Å²) < 4.78 is 7.11. The Hall–Kier alpha value is -2.32. The molecule has 3 aromatic rings. The number of amides is 1. The molecule has 0 radical (unpaired) electrons. The van der Waals surface area contributed by atoms with Crippen molar-refractivity contribution in [3.8, 4) is 0 Å². The maximum Gasteiger partial charge on any atom is 0.236 e. The zero-order valence-electron chi connectivity index (χ0n) is 11.8. The van der Waals surface area contributed by atoms with Crippen LogP contribution in [0.1, 0.15) is 5.76 Å². The summed E-state index contributed by atoms with van der Waals surface area (Å²) in [7, 11) is 0. The summed E-state index contributed by atoms with van der Waals surface area (Å²) in [6, 6.07) is 6.99. The van der Waals surface area contributed by atoms with E-state index in [0.717, 1.165) is 5.76 Å². The number of nitrogens with zero attached hydrogens (tertiary/aromatic N) is 4. The number of hydrogen-bond donors (Lipinski definition) is 1. The number of furan rings is 1. The van der Waals surface area contributed by atoms with Crippen molar-refractivity contribution in [2.24, 2.45) is 0 Å². The van der Waals surface area contributed by atoms with Crippen molar-refractivity contribution >= 4 is 35.1 Å². The monoisotopic (exact) mass is 349 g/mol. The molecule has 0 aliphatic heterocycles. The second kappa shape index (κ2) is 7.30. The molecule has 0 spiro atoms. The second-order valence-electron chi connectivity index (χ2n) is 4.52. The Bertz CT molecular complexity index is 773. The van der Waals surface area contributed by atoms with E-state index in [9.17, 15) is 4.79 Å². The maximum absolute atomic E-state index is 11.9. The average molecular weight is 350 g/mol. The van der Waals surface area contributed by atoms with Crippen molar-refractivity contribution in [2.75, 3.05) is 11.1 Å². The smallest absolute Gasteiger partial charge is 0.236 e. The minimum atomic E-state index is -0.183. The summed E-state index contributed by atoms with van der Waals surface area (Å²) in [5.74, 6) is 1.26. The van der Waals surface area contributed by atoms with Crippen LogP contribution in [-0.4, -0.2) is 31.4 Å². The first-order valence-corrected chi connectivity index (χ1v) is 8.01. The summed E-state index contributed by atoms with van der Waals surface area (Å²) in [5, 5.41) is 11.7. The highest BCUT2D eigenvalue weighted by Crippen LogP contribution is 2.17. The molecule has 0 saturated carbocycles. The maximum atomic E-state index is 11.9. The molecule has 0 fully saturated rings. The van der Waals surface area contributed by atoms with E-state index >= 15 is 0 Å². The number of nitrogens with one attached hydrogen (secondary N) is 1. The molecule has 23 heavy (non-hydrogen) atoms. The van der Waals surface area contributed by atoms with Gasteiger partial charge in [0.15, 0.2) is 5.16 Å². The molecule has 0 aliphatic rings. The molecule has 0 atom stereocenters. The molecule has 1 amide bonds. The molecular weight excluding hydrogens is 338 g/mol. The molecule has 0 unspecified atom stereocenters. The zero-order valence-corrected chi connectivity index (χ0v) is 13.4. The van der Waals surface area contributed by atoms with Gasteiger partial charge in [-0.3, -0.25) is 4.79 Å². The molecule has 118 valence electrons. The lowest BCUT2D eigenvalue weighted by Crippen LogP contribution is -2.15. The van der Waals surface area contributed by atoms with E-state index in [4.69, 9.17) is 16.0 Å². The number of carbonyl (C=O) groups excluding carboxylic acids is 1. The van der Waals surface area contributed by atoms with Crippen LogP contribution in [0.25, 0.3) is 0 Å². The van der Waals surface area contributed by atoms with Gasteiger partial charge in [0.05, 0.1) is 23.6 Å². The number of thioether (sulfide) groups is 1. The predicted octanol–water partition coefficient (Wildman–Crippen LogP) is 2.70. The molecule has 3 aromatic heterocycles. The van der Waals surface area contributed by atoms with Crippen LogP contribution in [0, 0.1) is 0 Å². The molecule has 0 aromatic carbocycles. The summed E-state index contributed by atoms with van der Waals surface area (Å²) in [5.41, 5.74) is 0. The van der Waals surface area contributed by atoms with E-state index in [-0.39, 0.29) is 11.7 Å². The van der Waals surface area contributed by atoms with Gasteiger partial charge in [0.2, 0.25) is 5.91 Å². The lowest BCUT2D eigenvalue weighted by Gasteiger charge is -2.05. The van der Waals surface area contributed by atoms with Crippen molar-refractivity contribution < 1.29 is 9.21 Å². The molecular formula is C14H12ClN5O2S. The normalized spacial score (nSPS) is 10.7. The molecule has 1 N–H and O–H groups in total. The first kappa shape index (κ1) is 15.6. The van der Waals surface area contributed by atoms with Gasteiger partial charge in [-0.2, -0.15) is 0 Å². The first-order valence-electron chi connectivity index (χ1n) is 6.65. The van der Waals surface area contributed by atoms with E-state index in [2.05, 4.69) is 20.5 Å². The van der Waals surface area contributed by atoms with Gasteiger partial charge in [0.25, 0.3) is 0 Å². The number of halogens is 1. The van der Waals surface area contributed by atoms with E-state index in [0.29, 0.717) is 22.5 Å². The van der Waals surface area contributed by atoms with Crippen LogP contribution in [-0.2, 0) is 11.3 Å². The van der Waals surface area contributed by atoms with Crippen molar-refractivity contribution in [3.63, 3.8) is 0 Å². The van der Waals surface area contributed by atoms with E-state index in [1.54, 1.807) is 24.7 Å². The lowest BCUT2D eigenvalue weighted by molar-refractivity contribution is -0.113. The fourth-order valence-corrected chi connectivity index (χ4v) is 2.62. The highest BCUT2D eigenvalue weighted by molar-refractivity contribution is 7.99. The topological polar surface area (TPSA) is 85.8 Å². The van der Waals surface area contributed by atoms with Crippen LogP contribution in [0.4, 0.5) is 5.82 Å². The van der Waals surface area contributed by atoms with Crippen LogP contribution in [0.2, 0.25) is 5.02 Å². The quantitative estimate of drug-likeness (QED) is 0.688. The standard InChI is InChI=1S/C14H12ClN5O2S/c15-10-3-4-12(16-6-10)18-13(21)8-23-14-19-17-9-20(14)7-11-2-1-5-22-11/h1-6,9H,7-8H2,(H,16,18,21). The van der Waals surface area contributed by atoms with E-state index < -0.39 is 0 Å². The summed E-state index contributed by atoms with van der Waals surface area (Å²) >= 11 is 7.04. The third-order valence-electron chi connectivity index (χ3n) is 2.81. The van der Waals surface area contributed by atoms with Gasteiger partial charge in [-0.25, -0.2) is 4.98 Å². The fourth-order valence-electron chi connectivity index (χ4n) is 1.79. The van der Waals surface area contributed by atoms with E-state index in [1.807, 2.05) is 16.7 Å². The molecule has 0 bridgehead atoms. The molecule has 3 rings (SSSR count). The van der Waals surface area contributed by atoms with Crippen molar-refractivity contribution in [3.05, 3.63) is 53.8 Å². The molecule has 0 aliphatic carbocycles. The van der Waals surface area contributed by atoms with Gasteiger partial charge in [0, 0.05) is 6.20 Å². The SMILES string of the molecule is O=C(CSc1nncn1Cc1ccco1)Nc1ccc(Cl)cn1. The minimum absolute atomic E-state index is 0.183. The van der Waals surface area contributed by atoms with E-state index in [1.165, 1.54) is 18.0 Å². The van der Waals surface area contributed by atoms with Crippen molar-refractivity contribution in [1.29, 1.82) is 0 Å². The Morgan fingerprint density at radius 1 is 1.39 bits per heavy atom. The van der Waals surface area contributed by atoms with Gasteiger partial charge in [-0.15, -0.1) is 10.2 Å². The third kappa shape index (κ3) is 4.33. The van der Waals surface area contributed by atoms with Gasteiger partial charge in [0.1, 0.15) is 17.9 Å². The Balaban J connectivity index is 1.55. The highest BCUT2D eigenvalue weighted by atomic mass is 35.5. The number of carbonyl (C=O) groups is 1.